The molecule has 0 aromatic carbocycles. The molecular formula is C81H158O17P2. The van der Waals surface area contributed by atoms with Crippen LogP contribution >= 0.6 is 15.6 Å². The number of carbonyl (C=O) groups is 4. The molecular weight excluding hydrogens is 1310 g/mol. The molecule has 0 fully saturated rings. The molecule has 0 radical (unpaired) electrons. The Morgan fingerprint density at radius 3 is 0.760 bits per heavy atom. The summed E-state index contributed by atoms with van der Waals surface area (Å²) in [7, 11) is -9.92. The number of esters is 4. The number of aliphatic hydroxyl groups is 1. The van der Waals surface area contributed by atoms with Gasteiger partial charge in [-0.1, -0.05) is 370 Å². The maximum absolute atomic E-state index is 13.1. The number of rotatable bonds is 79. The first-order chi connectivity index (χ1) is 48.3. The Morgan fingerprint density at radius 2 is 0.510 bits per heavy atom. The van der Waals surface area contributed by atoms with Crippen molar-refractivity contribution in [1.82, 2.24) is 0 Å². The van der Waals surface area contributed by atoms with E-state index in [-0.39, 0.29) is 25.7 Å². The van der Waals surface area contributed by atoms with Crippen LogP contribution in [0.2, 0.25) is 0 Å². The van der Waals surface area contributed by atoms with Crippen molar-refractivity contribution in [1.29, 1.82) is 0 Å². The van der Waals surface area contributed by atoms with E-state index in [1.807, 2.05) is 0 Å². The molecule has 594 valence electrons. The SMILES string of the molecule is CCCCCCCCCCCCCCCC(=O)O[C@H](COC(=O)CCCCCCCCCCCC(C)C)COP(=O)(O)OC[C@H](O)COP(=O)(O)OC[C@@H](COC(=O)CCCCCCCCCCCCC(C)C)OC(=O)CCCCCCCCCCCCCCCCCCCCC(C)CC. The Morgan fingerprint density at radius 1 is 0.290 bits per heavy atom. The number of hydrogen-bond donors (Lipinski definition) is 3. The van der Waals surface area contributed by atoms with Crippen molar-refractivity contribution in [3.05, 3.63) is 0 Å². The van der Waals surface area contributed by atoms with Crippen molar-refractivity contribution in [2.45, 2.75) is 439 Å². The molecule has 0 aliphatic carbocycles. The maximum atomic E-state index is 13.1. The first kappa shape index (κ1) is 98.1. The normalized spacial score (nSPS) is 14.2. The Balaban J connectivity index is 5.22. The van der Waals surface area contributed by atoms with Gasteiger partial charge < -0.3 is 33.8 Å². The van der Waals surface area contributed by atoms with Crippen LogP contribution in [0.25, 0.3) is 0 Å². The van der Waals surface area contributed by atoms with Crippen LogP contribution < -0.4 is 0 Å². The molecule has 0 aromatic rings. The third-order valence-electron chi connectivity index (χ3n) is 19.2. The minimum absolute atomic E-state index is 0.107. The molecule has 0 aliphatic heterocycles. The Labute approximate surface area is 613 Å². The smallest absolute Gasteiger partial charge is 0.462 e. The second-order valence-electron chi connectivity index (χ2n) is 30.4. The lowest BCUT2D eigenvalue weighted by molar-refractivity contribution is -0.161. The number of phosphoric ester groups is 2. The van der Waals surface area contributed by atoms with Gasteiger partial charge in [0.1, 0.15) is 19.3 Å². The number of unbranched alkanes of at least 4 members (excludes halogenated alkanes) is 46. The fourth-order valence-corrected chi connectivity index (χ4v) is 14.0. The summed E-state index contributed by atoms with van der Waals surface area (Å²) >= 11 is 0. The topological polar surface area (TPSA) is 237 Å². The molecule has 0 aliphatic rings. The molecule has 0 saturated heterocycles. The van der Waals surface area contributed by atoms with Gasteiger partial charge in [-0.2, -0.15) is 0 Å². The molecule has 0 saturated carbocycles. The van der Waals surface area contributed by atoms with Gasteiger partial charge in [-0.3, -0.25) is 37.3 Å². The summed E-state index contributed by atoms with van der Waals surface area (Å²) in [4.78, 5) is 73.0. The van der Waals surface area contributed by atoms with Gasteiger partial charge in [0.25, 0.3) is 0 Å². The number of hydrogen-bond acceptors (Lipinski definition) is 15. The summed E-state index contributed by atoms with van der Waals surface area (Å²) in [5.74, 6) is 0.263. The lowest BCUT2D eigenvalue weighted by atomic mass is 9.99. The van der Waals surface area contributed by atoms with Crippen LogP contribution in [-0.4, -0.2) is 96.7 Å². The number of phosphoric acid groups is 2. The van der Waals surface area contributed by atoms with Crippen LogP contribution in [-0.2, 0) is 65.4 Å². The minimum atomic E-state index is -4.96. The van der Waals surface area contributed by atoms with Crippen LogP contribution in [0, 0.1) is 17.8 Å². The van der Waals surface area contributed by atoms with Gasteiger partial charge in [-0.15, -0.1) is 0 Å². The fourth-order valence-electron chi connectivity index (χ4n) is 12.5. The summed E-state index contributed by atoms with van der Waals surface area (Å²) in [5.41, 5.74) is 0. The molecule has 6 atom stereocenters. The van der Waals surface area contributed by atoms with Gasteiger partial charge in [0.15, 0.2) is 12.2 Å². The van der Waals surface area contributed by atoms with E-state index in [2.05, 4.69) is 48.5 Å². The standard InChI is InChI=1S/C81H158O17P2/c1-8-10-11-12-13-14-15-22-26-35-43-50-57-64-80(85)98-77(69-92-79(84)63-56-49-42-37-30-32-39-46-53-60-73(5)6)71-96-100(89,90)94-67-75(82)66-93-99(87,88)95-70-76(68-91-78(83)62-55-48-41-34-29-28-31-38-45-52-59-72(3)4)97-81(86)65-58-51-44-36-27-24-21-19-17-16-18-20-23-25-33-40-47-54-61-74(7)9-2/h72-77,82H,8-71H2,1-7H3,(H,87,88)(H,89,90)/t74?,75-,76-,77-/m1/s1. The molecule has 3 N–H and O–H groups in total. The van der Waals surface area contributed by atoms with Crippen molar-refractivity contribution in [2.75, 3.05) is 39.6 Å². The van der Waals surface area contributed by atoms with Gasteiger partial charge in [0.2, 0.25) is 0 Å². The zero-order chi connectivity index (χ0) is 73.7. The monoisotopic (exact) mass is 1470 g/mol. The Bertz CT molecular complexity index is 1940. The highest BCUT2D eigenvalue weighted by Gasteiger charge is 2.30. The summed E-state index contributed by atoms with van der Waals surface area (Å²) in [6, 6.07) is 0. The highest BCUT2D eigenvalue weighted by atomic mass is 31.2. The molecule has 17 nitrogen and oxygen atoms in total. The first-order valence-electron chi connectivity index (χ1n) is 41.9. The third-order valence-corrected chi connectivity index (χ3v) is 21.1. The summed E-state index contributed by atoms with van der Waals surface area (Å²) in [6.45, 7) is 12.0. The van der Waals surface area contributed by atoms with E-state index in [1.54, 1.807) is 0 Å². The molecule has 0 amide bonds. The van der Waals surface area contributed by atoms with E-state index < -0.39 is 97.5 Å². The van der Waals surface area contributed by atoms with E-state index in [1.165, 1.54) is 231 Å². The zero-order valence-corrected chi connectivity index (χ0v) is 67.5. The van der Waals surface area contributed by atoms with Gasteiger partial charge in [0.05, 0.1) is 26.4 Å². The molecule has 19 heteroatoms. The van der Waals surface area contributed by atoms with Gasteiger partial charge in [-0.25, -0.2) is 9.13 Å². The predicted molar refractivity (Wildman–Crippen MR) is 409 cm³/mol. The van der Waals surface area contributed by atoms with Crippen LogP contribution in [0.15, 0.2) is 0 Å². The fraction of sp³-hybridized carbons (Fsp3) is 0.951. The summed E-state index contributed by atoms with van der Waals surface area (Å²) in [5, 5.41) is 10.6. The average Bonchev–Trinajstić information content (AvgIpc) is 0.938. The van der Waals surface area contributed by atoms with Gasteiger partial charge in [-0.05, 0) is 43.4 Å². The van der Waals surface area contributed by atoms with Crippen molar-refractivity contribution < 1.29 is 80.2 Å². The van der Waals surface area contributed by atoms with Crippen molar-refractivity contribution in [3.8, 4) is 0 Å². The highest BCUT2D eigenvalue weighted by Crippen LogP contribution is 2.45. The summed E-state index contributed by atoms with van der Waals surface area (Å²) < 4.78 is 68.7. The van der Waals surface area contributed by atoms with E-state index in [0.29, 0.717) is 25.7 Å². The summed E-state index contributed by atoms with van der Waals surface area (Å²) in [6.07, 6.45) is 59.6. The van der Waals surface area contributed by atoms with Crippen LogP contribution in [0.5, 0.6) is 0 Å². The van der Waals surface area contributed by atoms with Crippen molar-refractivity contribution >= 4 is 39.5 Å². The molecule has 3 unspecified atom stereocenters. The Hall–Kier alpha value is -1.94. The second kappa shape index (κ2) is 71.3. The quantitative estimate of drug-likeness (QED) is 0.0222. The number of ether oxygens (including phenoxy) is 4. The highest BCUT2D eigenvalue weighted by molar-refractivity contribution is 7.47. The van der Waals surface area contributed by atoms with E-state index in [9.17, 15) is 43.2 Å². The van der Waals surface area contributed by atoms with Crippen molar-refractivity contribution in [3.63, 3.8) is 0 Å². The van der Waals surface area contributed by atoms with Crippen molar-refractivity contribution in [2.24, 2.45) is 17.8 Å². The molecule has 100 heavy (non-hydrogen) atoms. The van der Waals surface area contributed by atoms with Gasteiger partial charge >= 0.3 is 39.5 Å². The molecule has 0 rings (SSSR count). The van der Waals surface area contributed by atoms with E-state index >= 15 is 0 Å². The lowest BCUT2D eigenvalue weighted by Gasteiger charge is -2.21. The number of carbonyl (C=O) groups excluding carboxylic acids is 4. The zero-order valence-electron chi connectivity index (χ0n) is 65.7. The van der Waals surface area contributed by atoms with E-state index in [4.69, 9.17) is 37.0 Å². The van der Waals surface area contributed by atoms with Crippen LogP contribution in [0.1, 0.15) is 421 Å². The number of aliphatic hydroxyl groups excluding tert-OH is 1. The lowest BCUT2D eigenvalue weighted by Crippen LogP contribution is -2.30. The second-order valence-corrected chi connectivity index (χ2v) is 33.3. The van der Waals surface area contributed by atoms with Crippen LogP contribution in [0.4, 0.5) is 0 Å². The average molecular weight is 1470 g/mol. The molecule has 0 bridgehead atoms. The first-order valence-corrected chi connectivity index (χ1v) is 44.9. The van der Waals surface area contributed by atoms with Crippen LogP contribution in [0.3, 0.4) is 0 Å². The molecule has 0 aromatic heterocycles. The predicted octanol–water partition coefficient (Wildman–Crippen LogP) is 24.1. The Kier molecular flexibility index (Phi) is 69.9. The van der Waals surface area contributed by atoms with Gasteiger partial charge in [0, 0.05) is 25.7 Å². The third kappa shape index (κ3) is 73.0. The minimum Gasteiger partial charge on any atom is -0.462 e. The van der Waals surface area contributed by atoms with E-state index in [0.717, 1.165) is 108 Å². The maximum Gasteiger partial charge on any atom is 0.472 e. The molecule has 0 spiro atoms. The largest absolute Gasteiger partial charge is 0.472 e. The molecule has 0 heterocycles.